The molecule has 2 aliphatic rings. The Morgan fingerprint density at radius 2 is 1.92 bits per heavy atom. The fourth-order valence-corrected chi connectivity index (χ4v) is 3.69. The van der Waals surface area contributed by atoms with Gasteiger partial charge in [0.2, 0.25) is 5.91 Å². The Bertz CT molecular complexity index is 503. The van der Waals surface area contributed by atoms with Gasteiger partial charge in [-0.15, -0.1) is 12.4 Å². The van der Waals surface area contributed by atoms with E-state index in [1.165, 1.54) is 12.0 Å². The molecule has 24 heavy (non-hydrogen) atoms. The Hall–Kier alpha value is -1.10. The molecule has 2 fully saturated rings. The minimum Gasteiger partial charge on any atom is -0.352 e. The van der Waals surface area contributed by atoms with E-state index in [9.17, 15) is 4.79 Å². The lowest BCUT2D eigenvalue weighted by Gasteiger charge is -2.34. The number of benzene rings is 1. The molecule has 2 atom stereocenters. The van der Waals surface area contributed by atoms with Crippen LogP contribution in [0.4, 0.5) is 0 Å². The minimum absolute atomic E-state index is 0. The first kappa shape index (κ1) is 19.2. The number of rotatable bonds is 4. The Kier molecular flexibility index (Phi) is 7.53. The van der Waals surface area contributed by atoms with Crippen LogP contribution in [0.1, 0.15) is 38.2 Å². The van der Waals surface area contributed by atoms with Crippen molar-refractivity contribution in [3.8, 4) is 0 Å². The summed E-state index contributed by atoms with van der Waals surface area (Å²) in [4.78, 5) is 14.9. The highest BCUT2D eigenvalue weighted by atomic mass is 35.5. The van der Waals surface area contributed by atoms with Gasteiger partial charge in [-0.3, -0.25) is 9.69 Å². The second-order valence-corrected chi connectivity index (χ2v) is 7.18. The number of carbonyl (C=O) groups is 1. The Morgan fingerprint density at radius 1 is 1.21 bits per heavy atom. The predicted octanol–water partition coefficient (Wildman–Crippen LogP) is 2.58. The van der Waals surface area contributed by atoms with Crippen molar-refractivity contribution in [2.75, 3.05) is 19.6 Å². The van der Waals surface area contributed by atoms with E-state index in [-0.39, 0.29) is 24.4 Å². The second kappa shape index (κ2) is 9.40. The van der Waals surface area contributed by atoms with Crippen LogP contribution in [-0.2, 0) is 11.3 Å². The third kappa shape index (κ3) is 5.47. The molecule has 0 radical (unpaired) electrons. The number of piperidine rings is 2. The van der Waals surface area contributed by atoms with Gasteiger partial charge in [-0.25, -0.2) is 0 Å². The molecule has 2 aliphatic heterocycles. The van der Waals surface area contributed by atoms with E-state index >= 15 is 0 Å². The third-order valence-corrected chi connectivity index (χ3v) is 5.17. The molecule has 0 bridgehead atoms. The van der Waals surface area contributed by atoms with Crippen LogP contribution in [0.5, 0.6) is 0 Å². The maximum absolute atomic E-state index is 12.4. The number of nitrogens with one attached hydrogen (secondary N) is 2. The largest absolute Gasteiger partial charge is 0.352 e. The number of hydrogen-bond acceptors (Lipinski definition) is 3. The molecule has 4 nitrogen and oxygen atoms in total. The van der Waals surface area contributed by atoms with Crippen LogP contribution in [-0.4, -0.2) is 42.5 Å². The molecule has 2 heterocycles. The molecule has 2 N–H and O–H groups in total. The van der Waals surface area contributed by atoms with Crippen molar-refractivity contribution in [2.24, 2.45) is 5.92 Å². The standard InChI is InChI=1S/C19H29N3O.ClH/c1-15-7-10-20-18(13-15)19(23)21-17-8-11-22(12-9-17)14-16-5-3-2-4-6-16;/h2-6,15,17-18,20H,7-14H2,1H3,(H,21,23);1H. The molecule has 1 aromatic carbocycles. The average molecular weight is 352 g/mol. The smallest absolute Gasteiger partial charge is 0.237 e. The molecule has 5 heteroatoms. The number of likely N-dealkylation sites (tertiary alicyclic amines) is 1. The van der Waals surface area contributed by atoms with Gasteiger partial charge in [0, 0.05) is 25.7 Å². The van der Waals surface area contributed by atoms with Crippen molar-refractivity contribution in [3.63, 3.8) is 0 Å². The first-order chi connectivity index (χ1) is 11.2. The average Bonchev–Trinajstić information content (AvgIpc) is 2.57. The Labute approximate surface area is 151 Å². The van der Waals surface area contributed by atoms with Crippen molar-refractivity contribution in [1.82, 2.24) is 15.5 Å². The highest BCUT2D eigenvalue weighted by Crippen LogP contribution is 2.17. The van der Waals surface area contributed by atoms with Crippen molar-refractivity contribution in [2.45, 2.75) is 51.2 Å². The molecule has 134 valence electrons. The number of amides is 1. The lowest BCUT2D eigenvalue weighted by Crippen LogP contribution is -2.53. The lowest BCUT2D eigenvalue weighted by molar-refractivity contribution is -0.125. The van der Waals surface area contributed by atoms with Crippen LogP contribution in [0.2, 0.25) is 0 Å². The van der Waals surface area contributed by atoms with Gasteiger partial charge in [0.25, 0.3) is 0 Å². The quantitative estimate of drug-likeness (QED) is 0.876. The molecular formula is C19H30ClN3O. The van der Waals surface area contributed by atoms with Crippen molar-refractivity contribution in [1.29, 1.82) is 0 Å². The molecule has 0 saturated carbocycles. The number of halogens is 1. The maximum Gasteiger partial charge on any atom is 0.237 e. The summed E-state index contributed by atoms with van der Waals surface area (Å²) in [6.07, 6.45) is 4.27. The monoisotopic (exact) mass is 351 g/mol. The van der Waals surface area contributed by atoms with Crippen molar-refractivity contribution < 1.29 is 4.79 Å². The third-order valence-electron chi connectivity index (χ3n) is 5.17. The summed E-state index contributed by atoms with van der Waals surface area (Å²) in [5.74, 6) is 0.859. The lowest BCUT2D eigenvalue weighted by atomic mass is 9.93. The van der Waals surface area contributed by atoms with Gasteiger partial charge in [0.15, 0.2) is 0 Å². The van der Waals surface area contributed by atoms with Gasteiger partial charge in [-0.2, -0.15) is 0 Å². The van der Waals surface area contributed by atoms with E-state index in [1.807, 2.05) is 0 Å². The minimum atomic E-state index is 0. The fourth-order valence-electron chi connectivity index (χ4n) is 3.69. The van der Waals surface area contributed by atoms with E-state index < -0.39 is 0 Å². The molecule has 2 unspecified atom stereocenters. The summed E-state index contributed by atoms with van der Waals surface area (Å²) in [6, 6.07) is 11.0. The Morgan fingerprint density at radius 3 is 2.58 bits per heavy atom. The summed E-state index contributed by atoms with van der Waals surface area (Å²) in [5.41, 5.74) is 1.37. The van der Waals surface area contributed by atoms with E-state index in [4.69, 9.17) is 0 Å². The predicted molar refractivity (Wildman–Crippen MR) is 100 cm³/mol. The van der Waals surface area contributed by atoms with Crippen LogP contribution in [0.3, 0.4) is 0 Å². The summed E-state index contributed by atoms with van der Waals surface area (Å²) in [5, 5.41) is 6.62. The normalized spacial score (nSPS) is 25.7. The molecule has 0 spiro atoms. The first-order valence-electron chi connectivity index (χ1n) is 9.01. The highest BCUT2D eigenvalue weighted by molar-refractivity contribution is 5.85. The van der Waals surface area contributed by atoms with Crippen LogP contribution < -0.4 is 10.6 Å². The number of carbonyl (C=O) groups excluding carboxylic acids is 1. The number of nitrogens with zero attached hydrogens (tertiary/aromatic N) is 1. The molecule has 1 aromatic rings. The van der Waals surface area contributed by atoms with E-state index in [0.29, 0.717) is 12.0 Å². The second-order valence-electron chi connectivity index (χ2n) is 7.18. The molecular weight excluding hydrogens is 322 g/mol. The summed E-state index contributed by atoms with van der Waals surface area (Å²) in [6.45, 7) is 6.35. The van der Waals surface area contributed by atoms with Gasteiger partial charge in [-0.05, 0) is 43.7 Å². The van der Waals surface area contributed by atoms with Gasteiger partial charge in [0.1, 0.15) is 0 Å². The van der Waals surface area contributed by atoms with Gasteiger partial charge < -0.3 is 10.6 Å². The van der Waals surface area contributed by atoms with Gasteiger partial charge in [-0.1, -0.05) is 37.3 Å². The summed E-state index contributed by atoms with van der Waals surface area (Å²) < 4.78 is 0. The SMILES string of the molecule is CC1CCNC(C(=O)NC2CCN(Cc3ccccc3)CC2)C1.Cl. The molecule has 1 amide bonds. The van der Waals surface area contributed by atoms with Crippen LogP contribution in [0.15, 0.2) is 30.3 Å². The zero-order chi connectivity index (χ0) is 16.1. The van der Waals surface area contributed by atoms with E-state index in [2.05, 4.69) is 52.8 Å². The maximum atomic E-state index is 12.4. The molecule has 0 aromatic heterocycles. The molecule has 2 saturated heterocycles. The topological polar surface area (TPSA) is 44.4 Å². The Balaban J connectivity index is 0.00000208. The van der Waals surface area contributed by atoms with Gasteiger partial charge in [0.05, 0.1) is 6.04 Å². The van der Waals surface area contributed by atoms with E-state index in [0.717, 1.165) is 45.4 Å². The summed E-state index contributed by atoms with van der Waals surface area (Å²) in [7, 11) is 0. The fraction of sp³-hybridized carbons (Fsp3) is 0.632. The van der Waals surface area contributed by atoms with E-state index in [1.54, 1.807) is 0 Å². The zero-order valence-corrected chi connectivity index (χ0v) is 15.4. The van der Waals surface area contributed by atoms with Crippen LogP contribution in [0.25, 0.3) is 0 Å². The van der Waals surface area contributed by atoms with Gasteiger partial charge >= 0.3 is 0 Å². The van der Waals surface area contributed by atoms with Crippen LogP contribution in [0, 0.1) is 5.92 Å². The van der Waals surface area contributed by atoms with Crippen molar-refractivity contribution >= 4 is 18.3 Å². The summed E-state index contributed by atoms with van der Waals surface area (Å²) >= 11 is 0. The molecule has 0 aliphatic carbocycles. The number of hydrogen-bond donors (Lipinski definition) is 2. The zero-order valence-electron chi connectivity index (χ0n) is 14.5. The van der Waals surface area contributed by atoms with Crippen molar-refractivity contribution in [3.05, 3.63) is 35.9 Å². The first-order valence-corrected chi connectivity index (χ1v) is 9.01. The highest BCUT2D eigenvalue weighted by Gasteiger charge is 2.27. The van der Waals surface area contributed by atoms with Crippen LogP contribution >= 0.6 is 12.4 Å². The molecule has 3 rings (SSSR count).